The molecule has 2 rings (SSSR count). The van der Waals surface area contributed by atoms with Crippen molar-refractivity contribution >= 4 is 33.3 Å². The van der Waals surface area contributed by atoms with Crippen molar-refractivity contribution in [3.63, 3.8) is 0 Å². The first-order chi connectivity index (χ1) is 11.8. The second kappa shape index (κ2) is 8.38. The minimum absolute atomic E-state index is 0.0363. The first-order valence-electron chi connectivity index (χ1n) is 6.95. The molecule has 0 aliphatic rings. The molecule has 12 heteroatoms. The zero-order chi connectivity index (χ0) is 18.4. The number of sulfonamides is 1. The first-order valence-corrected chi connectivity index (χ1v) is 9.83. The fourth-order valence-corrected chi connectivity index (χ4v) is 3.11. The molecule has 3 N–H and O–H groups in total. The van der Waals surface area contributed by atoms with E-state index < -0.39 is 10.0 Å². The van der Waals surface area contributed by atoms with E-state index in [1.807, 2.05) is 5.48 Å². The third-order valence-corrected chi connectivity index (χ3v) is 4.55. The van der Waals surface area contributed by atoms with E-state index in [1.165, 1.54) is 30.0 Å². The van der Waals surface area contributed by atoms with Crippen molar-refractivity contribution in [2.24, 2.45) is 4.99 Å². The molecule has 2 aromatic rings. The number of amidine groups is 1. The van der Waals surface area contributed by atoms with E-state index in [-0.39, 0.29) is 23.9 Å². The molecule has 0 radical (unpaired) electrons. The van der Waals surface area contributed by atoms with Crippen molar-refractivity contribution in [2.45, 2.75) is 11.9 Å². The van der Waals surface area contributed by atoms with Gasteiger partial charge in [0, 0.05) is 12.3 Å². The van der Waals surface area contributed by atoms with E-state index >= 15 is 0 Å². The number of halogens is 1. The highest BCUT2D eigenvalue weighted by Gasteiger charge is 2.17. The Morgan fingerprint density at radius 3 is 2.84 bits per heavy atom. The van der Waals surface area contributed by atoms with Crippen LogP contribution in [0.3, 0.4) is 0 Å². The van der Waals surface area contributed by atoms with Gasteiger partial charge in [-0.2, -0.15) is 0 Å². The van der Waals surface area contributed by atoms with Crippen molar-refractivity contribution in [1.29, 1.82) is 0 Å². The fraction of sp³-hybridized carbons (Fsp3) is 0.308. The van der Waals surface area contributed by atoms with Crippen molar-refractivity contribution in [3.05, 3.63) is 35.3 Å². The predicted octanol–water partition coefficient (Wildman–Crippen LogP) is 1.22. The fourth-order valence-electron chi connectivity index (χ4n) is 1.75. The van der Waals surface area contributed by atoms with Crippen LogP contribution in [0.15, 0.2) is 32.8 Å². The molecular formula is C13H16FN5O4S2. The van der Waals surface area contributed by atoms with Gasteiger partial charge < -0.3 is 0 Å². The highest BCUT2D eigenvalue weighted by atomic mass is 32.2. The molecule has 0 unspecified atom stereocenters. The minimum atomic E-state index is -3.27. The van der Waals surface area contributed by atoms with Gasteiger partial charge in [-0.15, -0.1) is 0 Å². The summed E-state index contributed by atoms with van der Waals surface area (Å²) in [5, 5.41) is 17.0. The summed E-state index contributed by atoms with van der Waals surface area (Å²) in [4.78, 5) is 4.15. The van der Waals surface area contributed by atoms with Crippen molar-refractivity contribution in [3.8, 4) is 0 Å². The number of rotatable bonds is 7. The highest BCUT2D eigenvalue weighted by molar-refractivity contribution is 7.99. The third kappa shape index (κ3) is 5.77. The monoisotopic (exact) mass is 389 g/mol. The van der Waals surface area contributed by atoms with Crippen molar-refractivity contribution < 1.29 is 22.6 Å². The van der Waals surface area contributed by atoms with Crippen LogP contribution >= 0.6 is 11.8 Å². The predicted molar refractivity (Wildman–Crippen MR) is 90.1 cm³/mol. The van der Waals surface area contributed by atoms with Gasteiger partial charge in [0.15, 0.2) is 16.6 Å². The van der Waals surface area contributed by atoms with Crippen LogP contribution in [0.25, 0.3) is 0 Å². The van der Waals surface area contributed by atoms with Crippen LogP contribution in [0.4, 0.5) is 10.1 Å². The van der Waals surface area contributed by atoms with E-state index in [9.17, 15) is 18.0 Å². The van der Waals surface area contributed by atoms with Gasteiger partial charge in [-0.3, -0.25) is 10.7 Å². The Balaban J connectivity index is 2.14. The highest BCUT2D eigenvalue weighted by Crippen LogP contribution is 2.22. The first kappa shape index (κ1) is 19.3. The van der Waals surface area contributed by atoms with Gasteiger partial charge in [-0.25, -0.2) is 27.2 Å². The van der Waals surface area contributed by atoms with E-state index in [1.54, 1.807) is 6.92 Å². The van der Waals surface area contributed by atoms with Crippen LogP contribution in [-0.2, 0) is 10.0 Å². The zero-order valence-corrected chi connectivity index (χ0v) is 15.0. The van der Waals surface area contributed by atoms with E-state index in [4.69, 9.17) is 0 Å². The lowest BCUT2D eigenvalue weighted by molar-refractivity contribution is 0.234. The molecule has 0 aliphatic carbocycles. The molecule has 0 amide bonds. The molecule has 0 saturated carbocycles. The molecule has 0 aliphatic heterocycles. The third-order valence-electron chi connectivity index (χ3n) is 2.88. The maximum Gasteiger partial charge on any atom is 0.208 e. The van der Waals surface area contributed by atoms with E-state index in [0.29, 0.717) is 22.0 Å². The summed E-state index contributed by atoms with van der Waals surface area (Å²) < 4.78 is 42.3. The topological polar surface area (TPSA) is 130 Å². The number of aryl methyl sites for hydroxylation is 1. The maximum atomic E-state index is 13.3. The smallest absolute Gasteiger partial charge is 0.208 e. The molecule has 0 fully saturated rings. The summed E-state index contributed by atoms with van der Waals surface area (Å²) in [6, 6.07) is 4.20. The van der Waals surface area contributed by atoms with E-state index in [0.717, 1.165) is 6.26 Å². The van der Waals surface area contributed by atoms with Crippen LogP contribution in [0.5, 0.6) is 0 Å². The van der Waals surface area contributed by atoms with Gasteiger partial charge in [0.25, 0.3) is 0 Å². The van der Waals surface area contributed by atoms with Crippen LogP contribution in [0.1, 0.15) is 11.3 Å². The Hall–Kier alpha value is -2.02. The normalized spacial score (nSPS) is 12.4. The molecule has 0 atom stereocenters. The Kier molecular flexibility index (Phi) is 6.47. The summed E-state index contributed by atoms with van der Waals surface area (Å²) in [7, 11) is -3.27. The molecule has 25 heavy (non-hydrogen) atoms. The number of hydroxylamine groups is 1. The SMILES string of the molecule is Cc1cc(N=C(NO)c2nonc2SCCNS(C)(=O)=O)ccc1F. The molecule has 1 aromatic heterocycles. The second-order valence-electron chi connectivity index (χ2n) is 4.94. The Bertz CT molecular complexity index is 869. The summed E-state index contributed by atoms with van der Waals surface area (Å²) in [6.45, 7) is 1.78. The maximum absolute atomic E-state index is 13.3. The van der Waals surface area contributed by atoms with Crippen LogP contribution in [0.2, 0.25) is 0 Å². The number of nitrogens with one attached hydrogen (secondary N) is 2. The number of benzene rings is 1. The van der Waals surface area contributed by atoms with Crippen LogP contribution in [0, 0.1) is 12.7 Å². The number of hydrogen-bond donors (Lipinski definition) is 3. The summed E-state index contributed by atoms with van der Waals surface area (Å²) in [5.74, 6) is -0.0381. The molecule has 0 bridgehead atoms. The van der Waals surface area contributed by atoms with Gasteiger partial charge in [-0.1, -0.05) is 11.8 Å². The van der Waals surface area contributed by atoms with Gasteiger partial charge in [0.1, 0.15) is 5.82 Å². The number of nitrogens with zero attached hydrogens (tertiary/aromatic N) is 3. The lowest BCUT2D eigenvalue weighted by Crippen LogP contribution is -2.24. The van der Waals surface area contributed by atoms with E-state index in [2.05, 4.69) is 24.7 Å². The Labute approximate surface area is 147 Å². The Morgan fingerprint density at radius 1 is 1.44 bits per heavy atom. The molecule has 136 valence electrons. The largest absolute Gasteiger partial charge is 0.290 e. The zero-order valence-electron chi connectivity index (χ0n) is 13.4. The molecule has 1 aromatic carbocycles. The summed E-state index contributed by atoms with van der Waals surface area (Å²) in [5.41, 5.74) is 2.86. The average Bonchev–Trinajstić information content (AvgIpc) is 3.00. The van der Waals surface area contributed by atoms with Gasteiger partial charge in [-0.05, 0) is 41.0 Å². The minimum Gasteiger partial charge on any atom is -0.290 e. The Morgan fingerprint density at radius 2 is 2.20 bits per heavy atom. The molecular weight excluding hydrogens is 373 g/mol. The number of hydrogen-bond acceptors (Lipinski definition) is 8. The van der Waals surface area contributed by atoms with Crippen molar-refractivity contribution in [1.82, 2.24) is 20.5 Å². The average molecular weight is 389 g/mol. The number of thioether (sulfide) groups is 1. The van der Waals surface area contributed by atoms with Crippen LogP contribution < -0.4 is 10.2 Å². The second-order valence-corrected chi connectivity index (χ2v) is 7.86. The number of aromatic nitrogens is 2. The molecule has 0 saturated heterocycles. The lowest BCUT2D eigenvalue weighted by Gasteiger charge is -2.04. The number of aliphatic imine (C=N–C) groups is 1. The van der Waals surface area contributed by atoms with Crippen molar-refractivity contribution in [2.75, 3.05) is 18.6 Å². The lowest BCUT2D eigenvalue weighted by atomic mass is 10.2. The summed E-state index contributed by atoms with van der Waals surface area (Å²) in [6.07, 6.45) is 1.06. The van der Waals surface area contributed by atoms with Gasteiger partial charge in [0.05, 0.1) is 11.9 Å². The quantitative estimate of drug-likeness (QED) is 0.212. The summed E-state index contributed by atoms with van der Waals surface area (Å²) >= 11 is 1.17. The van der Waals surface area contributed by atoms with Crippen LogP contribution in [-0.4, -0.2) is 48.3 Å². The van der Waals surface area contributed by atoms with Gasteiger partial charge in [0.2, 0.25) is 10.0 Å². The molecule has 9 nitrogen and oxygen atoms in total. The molecule has 1 heterocycles. The molecule has 0 spiro atoms. The van der Waals surface area contributed by atoms with Gasteiger partial charge >= 0.3 is 0 Å². The standard InChI is InChI=1S/C13H16FN5O4S2/c1-8-7-9(3-4-10(8)14)16-12(17-20)11-13(19-23-18-11)24-6-5-15-25(2,21)22/h3-4,7,15,20H,5-6H2,1-2H3,(H,16,17).